The highest BCUT2D eigenvalue weighted by Gasteiger charge is 2.05. The molecular weight excluding hydrogens is 238 g/mol. The molecule has 2 rings (SSSR count). The first kappa shape index (κ1) is 13.4. The van der Waals surface area contributed by atoms with Crippen LogP contribution in [0.2, 0.25) is 0 Å². The van der Waals surface area contributed by atoms with Gasteiger partial charge in [0.25, 0.3) is 0 Å². The van der Waals surface area contributed by atoms with Crippen molar-refractivity contribution in [3.8, 4) is 11.5 Å². The van der Waals surface area contributed by atoms with Crippen LogP contribution in [0.3, 0.4) is 0 Å². The Morgan fingerprint density at radius 1 is 1.16 bits per heavy atom. The first-order valence-corrected chi connectivity index (χ1v) is 6.31. The van der Waals surface area contributed by atoms with Crippen molar-refractivity contribution in [2.24, 2.45) is 5.84 Å². The molecule has 100 valence electrons. The molecule has 0 bridgehead atoms. The zero-order valence-corrected chi connectivity index (χ0v) is 11.5. The van der Waals surface area contributed by atoms with Crippen molar-refractivity contribution >= 4 is 5.82 Å². The van der Waals surface area contributed by atoms with Crippen molar-refractivity contribution in [3.63, 3.8) is 0 Å². The van der Waals surface area contributed by atoms with Crippen molar-refractivity contribution in [2.45, 2.75) is 26.7 Å². The average molecular weight is 257 g/mol. The standard InChI is InChI=1S/C15H19N3O/c1-10(2)14-5-4-12(8-11(14)3)19-13-6-7-17-15(9-13)18-16/h4-10H,16H2,1-3H3,(H,17,18). The number of ether oxygens (including phenoxy) is 1. The summed E-state index contributed by atoms with van der Waals surface area (Å²) in [5.74, 6) is 7.94. The third-order valence-corrected chi connectivity index (χ3v) is 2.98. The third-order valence-electron chi connectivity index (χ3n) is 2.98. The number of hydrogen-bond donors (Lipinski definition) is 2. The van der Waals surface area contributed by atoms with Crippen molar-refractivity contribution in [3.05, 3.63) is 47.7 Å². The van der Waals surface area contributed by atoms with E-state index in [1.807, 2.05) is 12.1 Å². The maximum Gasteiger partial charge on any atom is 0.143 e. The Morgan fingerprint density at radius 2 is 1.89 bits per heavy atom. The summed E-state index contributed by atoms with van der Waals surface area (Å²) in [5.41, 5.74) is 5.07. The van der Waals surface area contributed by atoms with Crippen LogP contribution in [0, 0.1) is 6.92 Å². The van der Waals surface area contributed by atoms with Crippen LogP contribution in [0.25, 0.3) is 0 Å². The van der Waals surface area contributed by atoms with Crippen LogP contribution in [-0.2, 0) is 0 Å². The Bertz CT molecular complexity index is 567. The minimum absolute atomic E-state index is 0.517. The van der Waals surface area contributed by atoms with Crippen LogP contribution in [0.5, 0.6) is 11.5 Å². The molecule has 4 nitrogen and oxygen atoms in total. The lowest BCUT2D eigenvalue weighted by Crippen LogP contribution is -2.08. The van der Waals surface area contributed by atoms with E-state index in [1.165, 1.54) is 11.1 Å². The number of benzene rings is 1. The van der Waals surface area contributed by atoms with E-state index in [1.54, 1.807) is 18.3 Å². The monoisotopic (exact) mass is 257 g/mol. The molecule has 0 aliphatic carbocycles. The number of nitrogens with one attached hydrogen (secondary N) is 1. The van der Waals surface area contributed by atoms with Crippen LogP contribution >= 0.6 is 0 Å². The second kappa shape index (κ2) is 5.71. The lowest BCUT2D eigenvalue weighted by Gasteiger charge is -2.12. The molecule has 2 aromatic rings. The minimum Gasteiger partial charge on any atom is -0.457 e. The van der Waals surface area contributed by atoms with Gasteiger partial charge in [-0.2, -0.15) is 0 Å². The van der Waals surface area contributed by atoms with Gasteiger partial charge in [-0.05, 0) is 42.2 Å². The number of aryl methyl sites for hydroxylation is 1. The van der Waals surface area contributed by atoms with Crippen LogP contribution < -0.4 is 16.0 Å². The molecule has 0 fully saturated rings. The first-order chi connectivity index (χ1) is 9.10. The fourth-order valence-corrected chi connectivity index (χ4v) is 2.05. The summed E-state index contributed by atoms with van der Waals surface area (Å²) in [7, 11) is 0. The normalized spacial score (nSPS) is 10.6. The highest BCUT2D eigenvalue weighted by atomic mass is 16.5. The Hall–Kier alpha value is -2.07. The fourth-order valence-electron chi connectivity index (χ4n) is 2.05. The maximum atomic E-state index is 5.80. The van der Waals surface area contributed by atoms with Gasteiger partial charge in [0.2, 0.25) is 0 Å². The van der Waals surface area contributed by atoms with Crippen molar-refractivity contribution in [1.29, 1.82) is 0 Å². The van der Waals surface area contributed by atoms with E-state index < -0.39 is 0 Å². The quantitative estimate of drug-likeness (QED) is 0.649. The number of rotatable bonds is 4. The highest BCUT2D eigenvalue weighted by molar-refractivity contribution is 5.43. The summed E-state index contributed by atoms with van der Waals surface area (Å²) >= 11 is 0. The molecule has 0 saturated carbocycles. The molecule has 0 atom stereocenters. The smallest absolute Gasteiger partial charge is 0.143 e. The molecule has 0 aliphatic heterocycles. The number of nitrogens with two attached hydrogens (primary N) is 1. The molecule has 4 heteroatoms. The molecule has 0 saturated heterocycles. The van der Waals surface area contributed by atoms with Gasteiger partial charge in [0, 0.05) is 12.3 Å². The number of nitrogen functional groups attached to an aromatic ring is 1. The van der Waals surface area contributed by atoms with Crippen LogP contribution in [0.1, 0.15) is 30.9 Å². The minimum atomic E-state index is 0.517. The number of aromatic nitrogens is 1. The van der Waals surface area contributed by atoms with Gasteiger partial charge in [-0.1, -0.05) is 19.9 Å². The molecule has 0 unspecified atom stereocenters. The molecular formula is C15H19N3O. The summed E-state index contributed by atoms with van der Waals surface area (Å²) in [6, 6.07) is 9.69. The van der Waals surface area contributed by atoms with E-state index in [0.717, 1.165) is 5.75 Å². The molecule has 0 aliphatic rings. The molecule has 0 radical (unpaired) electrons. The maximum absolute atomic E-state index is 5.80. The number of hydrazine groups is 1. The van der Waals surface area contributed by atoms with Gasteiger partial charge < -0.3 is 10.2 Å². The van der Waals surface area contributed by atoms with Gasteiger partial charge in [-0.15, -0.1) is 0 Å². The van der Waals surface area contributed by atoms with Crippen LogP contribution in [0.15, 0.2) is 36.5 Å². The Kier molecular flexibility index (Phi) is 4.02. The van der Waals surface area contributed by atoms with Gasteiger partial charge >= 0.3 is 0 Å². The van der Waals surface area contributed by atoms with E-state index in [9.17, 15) is 0 Å². The number of hydrogen-bond acceptors (Lipinski definition) is 4. The van der Waals surface area contributed by atoms with E-state index in [0.29, 0.717) is 17.5 Å². The first-order valence-electron chi connectivity index (χ1n) is 6.31. The van der Waals surface area contributed by atoms with Crippen molar-refractivity contribution in [1.82, 2.24) is 4.98 Å². The lowest BCUT2D eigenvalue weighted by molar-refractivity contribution is 0.481. The van der Waals surface area contributed by atoms with E-state index in [2.05, 4.69) is 37.2 Å². The van der Waals surface area contributed by atoms with E-state index in [-0.39, 0.29) is 0 Å². The third kappa shape index (κ3) is 3.23. The predicted molar refractivity (Wildman–Crippen MR) is 77.4 cm³/mol. The summed E-state index contributed by atoms with van der Waals surface area (Å²) in [6.45, 7) is 6.47. The topological polar surface area (TPSA) is 60.2 Å². The zero-order valence-electron chi connectivity index (χ0n) is 11.5. The van der Waals surface area contributed by atoms with Gasteiger partial charge in [0.15, 0.2) is 0 Å². The molecule has 1 heterocycles. The van der Waals surface area contributed by atoms with E-state index >= 15 is 0 Å². The van der Waals surface area contributed by atoms with Gasteiger partial charge in [-0.25, -0.2) is 10.8 Å². The number of nitrogens with zero attached hydrogens (tertiary/aromatic N) is 1. The number of anilines is 1. The summed E-state index contributed by atoms with van der Waals surface area (Å²) in [5, 5.41) is 0. The second-order valence-electron chi connectivity index (χ2n) is 4.80. The van der Waals surface area contributed by atoms with Crippen molar-refractivity contribution < 1.29 is 4.74 Å². The van der Waals surface area contributed by atoms with Crippen molar-refractivity contribution in [2.75, 3.05) is 5.43 Å². The highest BCUT2D eigenvalue weighted by Crippen LogP contribution is 2.27. The number of pyridine rings is 1. The summed E-state index contributed by atoms with van der Waals surface area (Å²) < 4.78 is 5.80. The molecule has 0 amide bonds. The second-order valence-corrected chi connectivity index (χ2v) is 4.80. The van der Waals surface area contributed by atoms with Crippen LogP contribution in [0.4, 0.5) is 5.82 Å². The summed E-state index contributed by atoms with van der Waals surface area (Å²) in [4.78, 5) is 4.04. The Morgan fingerprint density at radius 3 is 2.53 bits per heavy atom. The van der Waals surface area contributed by atoms with Gasteiger partial charge in [0.05, 0.1) is 0 Å². The average Bonchev–Trinajstić information content (AvgIpc) is 2.38. The predicted octanol–water partition coefficient (Wildman–Crippen LogP) is 3.59. The van der Waals surface area contributed by atoms with Gasteiger partial charge in [0.1, 0.15) is 17.3 Å². The lowest BCUT2D eigenvalue weighted by atomic mass is 9.98. The van der Waals surface area contributed by atoms with Gasteiger partial charge in [-0.3, -0.25) is 0 Å². The zero-order chi connectivity index (χ0) is 13.8. The van der Waals surface area contributed by atoms with E-state index in [4.69, 9.17) is 10.6 Å². The summed E-state index contributed by atoms with van der Waals surface area (Å²) in [6.07, 6.45) is 1.65. The Labute approximate surface area is 113 Å². The fraction of sp³-hybridized carbons (Fsp3) is 0.267. The largest absolute Gasteiger partial charge is 0.457 e. The molecule has 19 heavy (non-hydrogen) atoms. The SMILES string of the molecule is Cc1cc(Oc2ccnc(NN)c2)ccc1C(C)C. The molecule has 3 N–H and O–H groups in total. The van der Waals surface area contributed by atoms with Crippen LogP contribution in [-0.4, -0.2) is 4.98 Å². The molecule has 1 aromatic carbocycles. The molecule has 1 aromatic heterocycles. The molecule has 0 spiro atoms. The Balaban J connectivity index is 2.21.